The molecule has 2 rings (SSSR count). The van der Waals surface area contributed by atoms with Gasteiger partial charge in [-0.1, -0.05) is 26.8 Å². The van der Waals surface area contributed by atoms with Gasteiger partial charge in [0.2, 0.25) is 5.91 Å². The zero-order valence-electron chi connectivity index (χ0n) is 13.8. The highest BCUT2D eigenvalue weighted by atomic mass is 16.2. The molecule has 1 aromatic carbocycles. The summed E-state index contributed by atoms with van der Waals surface area (Å²) in [6, 6.07) is 9.93. The highest BCUT2D eigenvalue weighted by molar-refractivity contribution is 5.93. The molecule has 0 aliphatic heterocycles. The van der Waals surface area contributed by atoms with Gasteiger partial charge >= 0.3 is 0 Å². The Hall–Kier alpha value is -2.36. The molecular weight excluding hydrogens is 274 g/mol. The molecule has 0 saturated carbocycles. The number of rotatable bonds is 3. The van der Waals surface area contributed by atoms with Gasteiger partial charge in [0.1, 0.15) is 5.82 Å². The maximum absolute atomic E-state index is 11.9. The molecule has 0 fully saturated rings. The smallest absolute Gasteiger partial charge is 0.230 e. The van der Waals surface area contributed by atoms with Crippen molar-refractivity contribution < 1.29 is 4.79 Å². The predicted molar refractivity (Wildman–Crippen MR) is 91.5 cm³/mol. The largest absolute Gasteiger partial charge is 0.354 e. The first-order valence-corrected chi connectivity index (χ1v) is 7.37. The van der Waals surface area contributed by atoms with Crippen LogP contribution >= 0.6 is 0 Å². The van der Waals surface area contributed by atoms with Gasteiger partial charge in [-0.05, 0) is 49.2 Å². The number of nitrogens with one attached hydrogen (secondary N) is 2. The molecule has 1 aromatic heterocycles. The predicted octanol–water partition coefficient (Wildman–Crippen LogP) is 4.43. The normalized spacial score (nSPS) is 11.1. The first-order valence-electron chi connectivity index (χ1n) is 7.37. The molecule has 0 unspecified atom stereocenters. The molecule has 22 heavy (non-hydrogen) atoms. The first-order chi connectivity index (χ1) is 10.3. The quantitative estimate of drug-likeness (QED) is 0.881. The van der Waals surface area contributed by atoms with Crippen LogP contribution in [0.1, 0.15) is 31.9 Å². The van der Waals surface area contributed by atoms with Crippen LogP contribution in [0.5, 0.6) is 0 Å². The molecule has 0 spiro atoms. The van der Waals surface area contributed by atoms with Crippen molar-refractivity contribution in [1.82, 2.24) is 4.98 Å². The van der Waals surface area contributed by atoms with E-state index in [-0.39, 0.29) is 5.91 Å². The second-order valence-electron chi connectivity index (χ2n) is 6.56. The van der Waals surface area contributed by atoms with Gasteiger partial charge in [-0.25, -0.2) is 4.98 Å². The van der Waals surface area contributed by atoms with E-state index in [1.165, 1.54) is 11.1 Å². The number of carbonyl (C=O) groups excluding carboxylic acids is 1. The SMILES string of the molecule is Cc1ccc(Nc2ccc(NC(=O)C(C)(C)C)nc2)cc1C. The number of pyridine rings is 1. The Balaban J connectivity index is 2.06. The second-order valence-corrected chi connectivity index (χ2v) is 6.56. The molecule has 2 N–H and O–H groups in total. The van der Waals surface area contributed by atoms with E-state index in [4.69, 9.17) is 0 Å². The fraction of sp³-hybridized carbons (Fsp3) is 0.333. The van der Waals surface area contributed by atoms with Crippen molar-refractivity contribution in [2.24, 2.45) is 5.41 Å². The summed E-state index contributed by atoms with van der Waals surface area (Å²) in [5.74, 6) is 0.514. The maximum Gasteiger partial charge on any atom is 0.230 e. The summed E-state index contributed by atoms with van der Waals surface area (Å²) in [5.41, 5.74) is 3.99. The van der Waals surface area contributed by atoms with Gasteiger partial charge in [0.25, 0.3) is 0 Å². The summed E-state index contributed by atoms with van der Waals surface area (Å²) in [7, 11) is 0. The van der Waals surface area contributed by atoms with Crippen LogP contribution in [-0.4, -0.2) is 10.9 Å². The molecule has 0 atom stereocenters. The summed E-state index contributed by atoms with van der Waals surface area (Å²) in [5, 5.41) is 6.12. The van der Waals surface area contributed by atoms with Crippen molar-refractivity contribution in [2.75, 3.05) is 10.6 Å². The lowest BCUT2D eigenvalue weighted by molar-refractivity contribution is -0.123. The van der Waals surface area contributed by atoms with E-state index in [1.54, 1.807) is 12.3 Å². The van der Waals surface area contributed by atoms with Gasteiger partial charge in [-0.3, -0.25) is 4.79 Å². The average molecular weight is 297 g/mol. The van der Waals surface area contributed by atoms with Crippen LogP contribution in [0.25, 0.3) is 0 Å². The van der Waals surface area contributed by atoms with Crippen LogP contribution in [0.4, 0.5) is 17.2 Å². The molecule has 0 aliphatic rings. The molecule has 0 aliphatic carbocycles. The fourth-order valence-corrected chi connectivity index (χ4v) is 1.83. The summed E-state index contributed by atoms with van der Waals surface area (Å²) in [6.07, 6.45) is 1.72. The number of anilines is 3. The van der Waals surface area contributed by atoms with E-state index in [1.807, 2.05) is 32.9 Å². The lowest BCUT2D eigenvalue weighted by Crippen LogP contribution is -2.27. The fourth-order valence-electron chi connectivity index (χ4n) is 1.83. The van der Waals surface area contributed by atoms with E-state index < -0.39 is 5.41 Å². The molecule has 116 valence electrons. The highest BCUT2D eigenvalue weighted by Gasteiger charge is 2.21. The van der Waals surface area contributed by atoms with Gasteiger partial charge < -0.3 is 10.6 Å². The summed E-state index contributed by atoms with van der Waals surface area (Å²) >= 11 is 0. The number of amides is 1. The Morgan fingerprint density at radius 2 is 1.68 bits per heavy atom. The Labute approximate surface area is 132 Å². The maximum atomic E-state index is 11.9. The minimum atomic E-state index is -0.433. The number of nitrogens with zero attached hydrogens (tertiary/aromatic N) is 1. The van der Waals surface area contributed by atoms with E-state index in [9.17, 15) is 4.79 Å². The van der Waals surface area contributed by atoms with Crippen LogP contribution in [0.15, 0.2) is 36.5 Å². The number of hydrogen-bond donors (Lipinski definition) is 2. The summed E-state index contributed by atoms with van der Waals surface area (Å²) in [4.78, 5) is 16.2. The highest BCUT2D eigenvalue weighted by Crippen LogP contribution is 2.21. The molecule has 4 heteroatoms. The van der Waals surface area contributed by atoms with Crippen molar-refractivity contribution in [3.63, 3.8) is 0 Å². The zero-order chi connectivity index (χ0) is 16.3. The molecule has 0 bridgehead atoms. The third kappa shape index (κ3) is 4.07. The number of aromatic nitrogens is 1. The van der Waals surface area contributed by atoms with Gasteiger partial charge in [-0.15, -0.1) is 0 Å². The monoisotopic (exact) mass is 297 g/mol. The molecule has 0 radical (unpaired) electrons. The minimum absolute atomic E-state index is 0.0464. The molecule has 1 amide bonds. The third-order valence-corrected chi connectivity index (χ3v) is 3.48. The average Bonchev–Trinajstić information content (AvgIpc) is 2.44. The van der Waals surface area contributed by atoms with Crippen LogP contribution in [0.2, 0.25) is 0 Å². The molecule has 2 aromatic rings. The lowest BCUT2D eigenvalue weighted by atomic mass is 9.96. The third-order valence-electron chi connectivity index (χ3n) is 3.48. The standard InChI is InChI=1S/C18H23N3O/c1-12-6-7-14(10-13(12)2)20-15-8-9-16(19-11-15)21-17(22)18(3,4)5/h6-11,20H,1-5H3,(H,19,21,22). The lowest BCUT2D eigenvalue weighted by Gasteiger charge is -2.17. The van der Waals surface area contributed by atoms with E-state index in [2.05, 4.69) is 41.6 Å². The van der Waals surface area contributed by atoms with E-state index in [0.29, 0.717) is 5.82 Å². The van der Waals surface area contributed by atoms with Crippen LogP contribution in [-0.2, 0) is 4.79 Å². The number of hydrogen-bond acceptors (Lipinski definition) is 3. The van der Waals surface area contributed by atoms with E-state index in [0.717, 1.165) is 11.4 Å². The minimum Gasteiger partial charge on any atom is -0.354 e. The summed E-state index contributed by atoms with van der Waals surface area (Å²) < 4.78 is 0. The Morgan fingerprint density at radius 1 is 1.00 bits per heavy atom. The summed E-state index contributed by atoms with van der Waals surface area (Å²) in [6.45, 7) is 9.80. The number of benzene rings is 1. The second kappa shape index (κ2) is 6.18. The number of carbonyl (C=O) groups is 1. The van der Waals surface area contributed by atoms with Crippen molar-refractivity contribution in [3.8, 4) is 0 Å². The Kier molecular flexibility index (Phi) is 4.50. The van der Waals surface area contributed by atoms with Crippen LogP contribution in [0.3, 0.4) is 0 Å². The van der Waals surface area contributed by atoms with Gasteiger partial charge in [0.05, 0.1) is 11.9 Å². The molecule has 0 saturated heterocycles. The van der Waals surface area contributed by atoms with Crippen LogP contribution < -0.4 is 10.6 Å². The number of aryl methyl sites for hydroxylation is 2. The Morgan fingerprint density at radius 3 is 2.23 bits per heavy atom. The molecule has 4 nitrogen and oxygen atoms in total. The Bertz CT molecular complexity index is 670. The first kappa shape index (κ1) is 16.0. The molecule has 1 heterocycles. The van der Waals surface area contributed by atoms with Crippen molar-refractivity contribution >= 4 is 23.1 Å². The van der Waals surface area contributed by atoms with Gasteiger partial charge in [0.15, 0.2) is 0 Å². The van der Waals surface area contributed by atoms with Crippen molar-refractivity contribution in [3.05, 3.63) is 47.7 Å². The van der Waals surface area contributed by atoms with Gasteiger partial charge in [-0.2, -0.15) is 0 Å². The van der Waals surface area contributed by atoms with Crippen LogP contribution in [0, 0.1) is 19.3 Å². The van der Waals surface area contributed by atoms with Crippen molar-refractivity contribution in [2.45, 2.75) is 34.6 Å². The van der Waals surface area contributed by atoms with E-state index >= 15 is 0 Å². The molecular formula is C18H23N3O. The zero-order valence-corrected chi connectivity index (χ0v) is 13.8. The van der Waals surface area contributed by atoms with Crippen molar-refractivity contribution in [1.29, 1.82) is 0 Å². The van der Waals surface area contributed by atoms with Gasteiger partial charge in [0, 0.05) is 11.1 Å². The topological polar surface area (TPSA) is 54.0 Å².